The normalized spacial score (nSPS) is 17.8. The van der Waals surface area contributed by atoms with Gasteiger partial charge in [-0.3, -0.25) is 4.68 Å². The molecule has 1 aliphatic heterocycles. The van der Waals surface area contributed by atoms with Gasteiger partial charge < -0.3 is 4.42 Å². The van der Waals surface area contributed by atoms with Gasteiger partial charge in [0.15, 0.2) is 21.1 Å². The van der Waals surface area contributed by atoms with Crippen molar-refractivity contribution in [1.82, 2.24) is 14.8 Å². The number of aromatic nitrogens is 3. The van der Waals surface area contributed by atoms with Crippen LogP contribution in [0.25, 0.3) is 22.7 Å². The number of hydrogen-bond acceptors (Lipinski definition) is 7. The van der Waals surface area contributed by atoms with Crippen molar-refractivity contribution < 1.29 is 43.2 Å². The molecule has 0 saturated heterocycles. The van der Waals surface area contributed by atoms with Crippen molar-refractivity contribution in [1.29, 1.82) is 0 Å². The molecule has 0 N–H and O–H groups in total. The summed E-state index contributed by atoms with van der Waals surface area (Å²) >= 11 is 0. The third-order valence-electron chi connectivity index (χ3n) is 5.72. The summed E-state index contributed by atoms with van der Waals surface area (Å²) in [5.41, 5.74) is -5.98. The number of sulfone groups is 2. The van der Waals surface area contributed by atoms with E-state index >= 15 is 0 Å². The maximum absolute atomic E-state index is 13.9. The third kappa shape index (κ3) is 3.97. The van der Waals surface area contributed by atoms with Crippen LogP contribution in [-0.4, -0.2) is 48.8 Å². The first-order valence-electron chi connectivity index (χ1n) is 9.99. The predicted molar refractivity (Wildman–Crippen MR) is 109 cm³/mol. The highest BCUT2D eigenvalue weighted by atomic mass is 32.2. The summed E-state index contributed by atoms with van der Waals surface area (Å²) in [6.07, 6.45) is 0.0248. The van der Waals surface area contributed by atoms with E-state index in [0.29, 0.717) is 12.1 Å². The Balaban J connectivity index is 1.88. The molecule has 1 unspecified atom stereocenters. The second-order valence-electron chi connectivity index (χ2n) is 8.00. The van der Waals surface area contributed by atoms with E-state index in [4.69, 9.17) is 4.42 Å². The molecule has 0 spiro atoms. The van der Waals surface area contributed by atoms with Gasteiger partial charge in [0.1, 0.15) is 10.4 Å². The van der Waals surface area contributed by atoms with Crippen molar-refractivity contribution in [2.24, 2.45) is 5.92 Å². The Morgan fingerprint density at radius 3 is 2.41 bits per heavy atom. The Hall–Kier alpha value is -2.55. The van der Waals surface area contributed by atoms with Crippen LogP contribution >= 0.6 is 0 Å². The van der Waals surface area contributed by atoms with Crippen LogP contribution in [0.3, 0.4) is 0 Å². The van der Waals surface area contributed by atoms with Gasteiger partial charge in [-0.25, -0.2) is 30.6 Å². The van der Waals surface area contributed by atoms with Crippen LogP contribution in [0.1, 0.15) is 26.0 Å². The molecule has 3 aromatic rings. The molecule has 0 amide bonds. The smallest absolute Gasteiger partial charge is 0.435 e. The number of halogens is 5. The van der Waals surface area contributed by atoms with Gasteiger partial charge in [-0.05, 0) is 38.0 Å². The Kier molecular flexibility index (Phi) is 5.59. The Morgan fingerprint density at radius 2 is 1.82 bits per heavy atom. The molecule has 1 atom stereocenters. The number of hydrogen-bond donors (Lipinski definition) is 0. The van der Waals surface area contributed by atoms with Crippen molar-refractivity contribution in [2.45, 2.75) is 54.5 Å². The van der Waals surface area contributed by atoms with Gasteiger partial charge in [0, 0.05) is 12.5 Å². The summed E-state index contributed by atoms with van der Waals surface area (Å²) < 4.78 is 122. The number of nitrogens with zero attached hydrogens (tertiary/aromatic N) is 3. The molecule has 34 heavy (non-hydrogen) atoms. The Bertz CT molecular complexity index is 1480. The lowest BCUT2D eigenvalue weighted by Gasteiger charge is -2.28. The molecule has 15 heteroatoms. The SMILES string of the molecule is CCS(=O)(=O)c1c(-c2nc3cc(S(=O)(=O)C(F)(F)F)ccc3o2)nn2c1CCC(C(C)(F)F)C2. The molecule has 0 radical (unpaired) electrons. The Labute approximate surface area is 190 Å². The first-order chi connectivity index (χ1) is 15.6. The minimum Gasteiger partial charge on any atom is -0.435 e. The summed E-state index contributed by atoms with van der Waals surface area (Å²) in [7, 11) is -9.58. The van der Waals surface area contributed by atoms with Crippen molar-refractivity contribution in [3.05, 3.63) is 23.9 Å². The zero-order chi connectivity index (χ0) is 25.3. The molecule has 186 valence electrons. The molecule has 4 rings (SSSR count). The van der Waals surface area contributed by atoms with E-state index in [9.17, 15) is 38.8 Å². The van der Waals surface area contributed by atoms with Crippen LogP contribution in [0.4, 0.5) is 22.0 Å². The van der Waals surface area contributed by atoms with Gasteiger partial charge >= 0.3 is 5.51 Å². The lowest BCUT2D eigenvalue weighted by Crippen LogP contribution is -2.33. The quantitative estimate of drug-likeness (QED) is 0.461. The fraction of sp³-hybridized carbons (Fsp3) is 0.474. The molecule has 1 aliphatic rings. The summed E-state index contributed by atoms with van der Waals surface area (Å²) in [5.74, 6) is -4.82. The van der Waals surface area contributed by atoms with E-state index in [2.05, 4.69) is 10.1 Å². The van der Waals surface area contributed by atoms with Crippen molar-refractivity contribution in [3.8, 4) is 11.6 Å². The number of alkyl halides is 5. The van der Waals surface area contributed by atoms with Crippen molar-refractivity contribution >= 4 is 30.8 Å². The highest BCUT2D eigenvalue weighted by molar-refractivity contribution is 7.92. The van der Waals surface area contributed by atoms with Crippen LogP contribution < -0.4 is 0 Å². The third-order valence-corrected chi connectivity index (χ3v) is 9.01. The summed E-state index contributed by atoms with van der Waals surface area (Å²) in [5, 5.41) is 4.15. The molecule has 0 aliphatic carbocycles. The van der Waals surface area contributed by atoms with Gasteiger partial charge in [0.05, 0.1) is 16.3 Å². The second kappa shape index (κ2) is 7.73. The van der Waals surface area contributed by atoms with Gasteiger partial charge in [0.25, 0.3) is 9.84 Å². The monoisotopic (exact) mass is 527 g/mol. The predicted octanol–water partition coefficient (Wildman–Crippen LogP) is 4.00. The first-order valence-corrected chi connectivity index (χ1v) is 13.1. The summed E-state index contributed by atoms with van der Waals surface area (Å²) in [6, 6.07) is 2.31. The van der Waals surface area contributed by atoms with Crippen LogP contribution in [-0.2, 0) is 32.6 Å². The Morgan fingerprint density at radius 1 is 1.15 bits per heavy atom. The molecule has 0 saturated carbocycles. The zero-order valence-electron chi connectivity index (χ0n) is 17.7. The number of benzene rings is 1. The van der Waals surface area contributed by atoms with E-state index in [-0.39, 0.29) is 58.4 Å². The fourth-order valence-electron chi connectivity index (χ4n) is 3.82. The molecule has 0 bridgehead atoms. The molecule has 0 fully saturated rings. The van der Waals surface area contributed by atoms with E-state index < -0.39 is 41.9 Å². The van der Waals surface area contributed by atoms with E-state index in [1.807, 2.05) is 0 Å². The fourth-order valence-corrected chi connectivity index (χ4v) is 5.88. The summed E-state index contributed by atoms with van der Waals surface area (Å²) in [4.78, 5) is 2.66. The number of fused-ring (bicyclic) bond motifs is 2. The molecule has 1 aromatic carbocycles. The molecular weight excluding hydrogens is 509 g/mol. The standard InChI is InChI=1S/C19H18F5N3O5S2/c1-3-33(28,29)16-13-6-4-10(18(2,20)21)9-27(13)26-15(16)17-25-12-8-11(5-7-14(12)32-17)34(30,31)19(22,23)24/h5,7-8,10H,3-4,6,9H2,1-2H3. The van der Waals surface area contributed by atoms with Gasteiger partial charge in [0.2, 0.25) is 11.8 Å². The average Bonchev–Trinajstić information content (AvgIpc) is 3.32. The minimum absolute atomic E-state index is 0.00383. The molecule has 3 heterocycles. The minimum atomic E-state index is -5.65. The second-order valence-corrected chi connectivity index (χ2v) is 12.2. The van der Waals surface area contributed by atoms with Crippen LogP contribution in [0.2, 0.25) is 0 Å². The van der Waals surface area contributed by atoms with Gasteiger partial charge in [-0.2, -0.15) is 18.3 Å². The van der Waals surface area contributed by atoms with Gasteiger partial charge in [-0.15, -0.1) is 0 Å². The van der Waals surface area contributed by atoms with E-state index in [1.54, 1.807) is 0 Å². The highest BCUT2D eigenvalue weighted by Gasteiger charge is 2.47. The zero-order valence-corrected chi connectivity index (χ0v) is 19.4. The number of rotatable bonds is 5. The van der Waals surface area contributed by atoms with E-state index in [0.717, 1.165) is 17.7 Å². The first kappa shape index (κ1) is 24.6. The topological polar surface area (TPSA) is 112 Å². The van der Waals surface area contributed by atoms with Crippen LogP contribution in [0.5, 0.6) is 0 Å². The van der Waals surface area contributed by atoms with Crippen LogP contribution in [0, 0.1) is 5.92 Å². The summed E-state index contributed by atoms with van der Waals surface area (Å²) in [6.45, 7) is 1.90. The average molecular weight is 527 g/mol. The lowest BCUT2D eigenvalue weighted by molar-refractivity contribution is -0.0547. The van der Waals surface area contributed by atoms with Crippen molar-refractivity contribution in [2.75, 3.05) is 5.75 Å². The van der Waals surface area contributed by atoms with Gasteiger partial charge in [-0.1, -0.05) is 6.92 Å². The lowest BCUT2D eigenvalue weighted by atomic mass is 9.93. The van der Waals surface area contributed by atoms with E-state index in [1.165, 1.54) is 6.92 Å². The maximum Gasteiger partial charge on any atom is 0.501 e. The largest absolute Gasteiger partial charge is 0.501 e. The van der Waals surface area contributed by atoms with Crippen LogP contribution in [0.15, 0.2) is 32.4 Å². The van der Waals surface area contributed by atoms with Crippen molar-refractivity contribution in [3.63, 3.8) is 0 Å². The number of oxazole rings is 1. The molecule has 2 aromatic heterocycles. The molecule has 8 nitrogen and oxygen atoms in total. The molecular formula is C19H18F5N3O5S2. The highest BCUT2D eigenvalue weighted by Crippen LogP contribution is 2.39. The maximum atomic E-state index is 13.9.